The monoisotopic (exact) mass is 364 g/mol. The van der Waals surface area contributed by atoms with Crippen LogP contribution in [0, 0.1) is 13.8 Å². The Morgan fingerprint density at radius 1 is 1.15 bits per heavy atom. The highest BCUT2D eigenvalue weighted by Crippen LogP contribution is 2.20. The number of carbonyl (C=O) groups excluding carboxylic acids is 1. The highest BCUT2D eigenvalue weighted by atomic mass is 16.5. The number of oxazole rings is 1. The van der Waals surface area contributed by atoms with Gasteiger partial charge in [-0.3, -0.25) is 4.79 Å². The zero-order valence-electron chi connectivity index (χ0n) is 15.9. The molecule has 0 aliphatic rings. The van der Waals surface area contributed by atoms with E-state index in [1.165, 1.54) is 5.56 Å². The first-order chi connectivity index (χ1) is 13.1. The van der Waals surface area contributed by atoms with Crippen molar-refractivity contribution in [1.82, 2.24) is 10.3 Å². The van der Waals surface area contributed by atoms with Gasteiger partial charge in [0.25, 0.3) is 5.91 Å². The number of carbonyl (C=O) groups is 1. The fourth-order valence-electron chi connectivity index (χ4n) is 2.76. The number of rotatable bonds is 7. The zero-order valence-corrected chi connectivity index (χ0v) is 15.9. The van der Waals surface area contributed by atoms with E-state index in [4.69, 9.17) is 9.15 Å². The summed E-state index contributed by atoms with van der Waals surface area (Å²) in [7, 11) is 0. The molecule has 0 fully saturated rings. The highest BCUT2D eigenvalue weighted by molar-refractivity contribution is 5.94. The molecular formula is C22H24N2O3. The van der Waals surface area contributed by atoms with Gasteiger partial charge in [-0.05, 0) is 56.7 Å². The fourth-order valence-corrected chi connectivity index (χ4v) is 2.76. The molecule has 1 N–H and O–H groups in total. The Kier molecular flexibility index (Phi) is 5.91. The summed E-state index contributed by atoms with van der Waals surface area (Å²) in [6.45, 7) is 7.01. The standard InChI is InChI=1S/C22H24N2O3/c1-4-26-20-10-9-18(13-16(20)3)21(25)23-12-11-19-14-27-22(24-19)17-7-5-15(2)6-8-17/h5-10,13-14H,4,11-12H2,1-3H3,(H,23,25). The number of hydrogen-bond donors (Lipinski definition) is 1. The van der Waals surface area contributed by atoms with Crippen LogP contribution in [0.3, 0.4) is 0 Å². The lowest BCUT2D eigenvalue weighted by atomic mass is 10.1. The van der Waals surface area contributed by atoms with Gasteiger partial charge >= 0.3 is 0 Å². The predicted molar refractivity (Wildman–Crippen MR) is 105 cm³/mol. The summed E-state index contributed by atoms with van der Waals surface area (Å²) >= 11 is 0. The van der Waals surface area contributed by atoms with E-state index in [0.717, 1.165) is 22.6 Å². The lowest BCUT2D eigenvalue weighted by molar-refractivity contribution is 0.0954. The van der Waals surface area contributed by atoms with Crippen LogP contribution in [0.4, 0.5) is 0 Å². The van der Waals surface area contributed by atoms with Crippen LogP contribution >= 0.6 is 0 Å². The summed E-state index contributed by atoms with van der Waals surface area (Å²) in [5, 5.41) is 2.92. The molecule has 140 valence electrons. The van der Waals surface area contributed by atoms with Crippen molar-refractivity contribution >= 4 is 5.91 Å². The Labute approximate surface area is 159 Å². The number of nitrogens with one attached hydrogen (secondary N) is 1. The molecule has 0 saturated heterocycles. The molecule has 2 aromatic carbocycles. The molecule has 1 aromatic heterocycles. The van der Waals surface area contributed by atoms with Crippen molar-refractivity contribution in [2.75, 3.05) is 13.2 Å². The Morgan fingerprint density at radius 2 is 1.93 bits per heavy atom. The van der Waals surface area contributed by atoms with Crippen molar-refractivity contribution in [2.24, 2.45) is 0 Å². The SMILES string of the molecule is CCOc1ccc(C(=O)NCCc2coc(-c3ccc(C)cc3)n2)cc1C. The number of nitrogens with zero attached hydrogens (tertiary/aromatic N) is 1. The second kappa shape index (κ2) is 8.54. The normalized spacial score (nSPS) is 10.6. The predicted octanol–water partition coefficient (Wildman–Crippen LogP) is 4.33. The molecule has 27 heavy (non-hydrogen) atoms. The molecule has 3 aromatic rings. The van der Waals surface area contributed by atoms with Gasteiger partial charge in [-0.15, -0.1) is 0 Å². The first kappa shape index (κ1) is 18.7. The van der Waals surface area contributed by atoms with Crippen LogP contribution in [0.15, 0.2) is 53.1 Å². The molecule has 0 radical (unpaired) electrons. The first-order valence-corrected chi connectivity index (χ1v) is 9.10. The van der Waals surface area contributed by atoms with E-state index in [1.807, 2.05) is 57.2 Å². The molecule has 3 rings (SSSR count). The number of hydrogen-bond acceptors (Lipinski definition) is 4. The quantitative estimate of drug-likeness (QED) is 0.678. The van der Waals surface area contributed by atoms with Crippen molar-refractivity contribution in [3.63, 3.8) is 0 Å². The zero-order chi connectivity index (χ0) is 19.2. The van der Waals surface area contributed by atoms with E-state index in [1.54, 1.807) is 12.3 Å². The lowest BCUT2D eigenvalue weighted by Crippen LogP contribution is -2.25. The van der Waals surface area contributed by atoms with Crippen molar-refractivity contribution in [2.45, 2.75) is 27.2 Å². The second-order valence-electron chi connectivity index (χ2n) is 6.43. The number of amides is 1. The molecule has 5 nitrogen and oxygen atoms in total. The minimum absolute atomic E-state index is 0.108. The Balaban J connectivity index is 1.54. The number of benzene rings is 2. The average molecular weight is 364 g/mol. The van der Waals surface area contributed by atoms with Crippen LogP contribution in [0.5, 0.6) is 5.75 Å². The molecule has 1 amide bonds. The maximum Gasteiger partial charge on any atom is 0.251 e. The summed E-state index contributed by atoms with van der Waals surface area (Å²) in [5.41, 5.74) is 4.52. The topological polar surface area (TPSA) is 64.4 Å². The maximum atomic E-state index is 12.3. The molecule has 0 unspecified atom stereocenters. The minimum atomic E-state index is -0.108. The largest absolute Gasteiger partial charge is 0.494 e. The fraction of sp³-hybridized carbons (Fsp3) is 0.273. The van der Waals surface area contributed by atoms with E-state index in [9.17, 15) is 4.79 Å². The molecular weight excluding hydrogens is 340 g/mol. The van der Waals surface area contributed by atoms with Crippen LogP contribution in [-0.2, 0) is 6.42 Å². The van der Waals surface area contributed by atoms with E-state index in [-0.39, 0.29) is 5.91 Å². The summed E-state index contributed by atoms with van der Waals surface area (Å²) < 4.78 is 11.1. The van der Waals surface area contributed by atoms with Crippen molar-refractivity contribution in [3.8, 4) is 17.2 Å². The number of aryl methyl sites for hydroxylation is 2. The van der Waals surface area contributed by atoms with Gasteiger partial charge in [0.1, 0.15) is 12.0 Å². The van der Waals surface area contributed by atoms with Crippen LogP contribution in [0.1, 0.15) is 34.1 Å². The van der Waals surface area contributed by atoms with Gasteiger partial charge < -0.3 is 14.5 Å². The highest BCUT2D eigenvalue weighted by Gasteiger charge is 2.10. The van der Waals surface area contributed by atoms with Gasteiger partial charge in [0.05, 0.1) is 12.3 Å². The van der Waals surface area contributed by atoms with Crippen molar-refractivity contribution < 1.29 is 13.9 Å². The Hall–Kier alpha value is -3.08. The molecule has 5 heteroatoms. The Bertz CT molecular complexity index is 914. The minimum Gasteiger partial charge on any atom is -0.494 e. The summed E-state index contributed by atoms with van der Waals surface area (Å²) in [6, 6.07) is 13.5. The second-order valence-corrected chi connectivity index (χ2v) is 6.43. The summed E-state index contributed by atoms with van der Waals surface area (Å²) in [4.78, 5) is 16.8. The lowest BCUT2D eigenvalue weighted by Gasteiger charge is -2.09. The van der Waals surface area contributed by atoms with E-state index in [2.05, 4.69) is 10.3 Å². The van der Waals surface area contributed by atoms with Gasteiger partial charge in [-0.25, -0.2) is 4.98 Å². The van der Waals surface area contributed by atoms with Crippen molar-refractivity contribution in [1.29, 1.82) is 0 Å². The van der Waals surface area contributed by atoms with Gasteiger partial charge in [0.15, 0.2) is 0 Å². The third kappa shape index (κ3) is 4.76. The molecule has 0 aliphatic heterocycles. The smallest absolute Gasteiger partial charge is 0.251 e. The summed E-state index contributed by atoms with van der Waals surface area (Å²) in [6.07, 6.45) is 2.25. The van der Waals surface area contributed by atoms with Gasteiger partial charge in [0, 0.05) is 24.1 Å². The third-order valence-electron chi connectivity index (χ3n) is 4.25. The average Bonchev–Trinajstić information content (AvgIpc) is 3.13. The van der Waals surface area contributed by atoms with E-state index < -0.39 is 0 Å². The van der Waals surface area contributed by atoms with Gasteiger partial charge in [-0.2, -0.15) is 0 Å². The van der Waals surface area contributed by atoms with E-state index in [0.29, 0.717) is 31.0 Å². The molecule has 0 bridgehead atoms. The van der Waals surface area contributed by atoms with Gasteiger partial charge in [-0.1, -0.05) is 17.7 Å². The van der Waals surface area contributed by atoms with Crippen molar-refractivity contribution in [3.05, 3.63) is 71.1 Å². The number of aromatic nitrogens is 1. The van der Waals surface area contributed by atoms with Crippen LogP contribution < -0.4 is 10.1 Å². The Morgan fingerprint density at radius 3 is 2.63 bits per heavy atom. The van der Waals surface area contributed by atoms with E-state index >= 15 is 0 Å². The molecule has 0 aliphatic carbocycles. The molecule has 0 atom stereocenters. The summed E-state index contributed by atoms with van der Waals surface area (Å²) in [5.74, 6) is 1.29. The number of ether oxygens (including phenoxy) is 1. The molecule has 0 saturated carbocycles. The first-order valence-electron chi connectivity index (χ1n) is 9.10. The van der Waals surface area contributed by atoms with Crippen LogP contribution in [0.25, 0.3) is 11.5 Å². The maximum absolute atomic E-state index is 12.3. The van der Waals surface area contributed by atoms with Crippen LogP contribution in [0.2, 0.25) is 0 Å². The molecule has 1 heterocycles. The third-order valence-corrected chi connectivity index (χ3v) is 4.25. The van der Waals surface area contributed by atoms with Gasteiger partial charge in [0.2, 0.25) is 5.89 Å². The molecule has 0 spiro atoms. The van der Waals surface area contributed by atoms with Crippen LogP contribution in [-0.4, -0.2) is 24.0 Å².